The lowest BCUT2D eigenvalue weighted by molar-refractivity contribution is 0.0600. The predicted molar refractivity (Wildman–Crippen MR) is 104 cm³/mol. The molecule has 0 spiro atoms. The predicted octanol–water partition coefficient (Wildman–Crippen LogP) is 2.86. The summed E-state index contributed by atoms with van der Waals surface area (Å²) in [5.41, 5.74) is 1.56. The van der Waals surface area contributed by atoms with E-state index in [1.807, 2.05) is 13.0 Å². The number of hydrogen-bond donors (Lipinski definition) is 2. The van der Waals surface area contributed by atoms with Crippen LogP contribution in [0.5, 0.6) is 5.75 Å². The lowest BCUT2D eigenvalue weighted by Gasteiger charge is -2.14. The number of hydrogen-bond acceptors (Lipinski definition) is 5. The van der Waals surface area contributed by atoms with E-state index in [2.05, 4.69) is 10.1 Å². The van der Waals surface area contributed by atoms with Gasteiger partial charge in [-0.2, -0.15) is 0 Å². The van der Waals surface area contributed by atoms with Crippen LogP contribution in [0.3, 0.4) is 0 Å². The highest BCUT2D eigenvalue weighted by molar-refractivity contribution is 6.09. The molecular weight excluding hydrogens is 360 g/mol. The van der Waals surface area contributed by atoms with Crippen molar-refractivity contribution in [1.29, 1.82) is 0 Å². The summed E-state index contributed by atoms with van der Waals surface area (Å²) >= 11 is 0. The van der Waals surface area contributed by atoms with E-state index in [1.165, 1.54) is 31.4 Å². The zero-order chi connectivity index (χ0) is 20.0. The van der Waals surface area contributed by atoms with E-state index in [1.54, 1.807) is 16.7 Å². The number of para-hydroxylation sites is 1. The largest absolute Gasteiger partial charge is 0.506 e. The number of benzene rings is 2. The molecule has 2 N–H and O–H groups in total. The van der Waals surface area contributed by atoms with E-state index in [-0.39, 0.29) is 17.4 Å². The van der Waals surface area contributed by atoms with Crippen LogP contribution in [0.25, 0.3) is 10.9 Å². The van der Waals surface area contributed by atoms with Crippen LogP contribution in [-0.2, 0) is 11.2 Å². The van der Waals surface area contributed by atoms with Crippen LogP contribution in [0.1, 0.15) is 39.2 Å². The lowest BCUT2D eigenvalue weighted by Crippen LogP contribution is -2.30. The number of carbonyl (C=O) groups is 2. The van der Waals surface area contributed by atoms with Gasteiger partial charge in [0.15, 0.2) is 0 Å². The quantitative estimate of drug-likeness (QED) is 0.683. The Morgan fingerprint density at radius 1 is 1.18 bits per heavy atom. The highest BCUT2D eigenvalue weighted by atomic mass is 16.5. The van der Waals surface area contributed by atoms with Gasteiger partial charge >= 0.3 is 5.97 Å². The fraction of sp³-hybridized carbons (Fsp3) is 0.190. The minimum atomic E-state index is -0.705. The number of methoxy groups -OCH3 is 1. The zero-order valence-electron chi connectivity index (χ0n) is 15.4. The van der Waals surface area contributed by atoms with Gasteiger partial charge in [-0.25, -0.2) is 4.79 Å². The molecule has 1 atom stereocenters. The van der Waals surface area contributed by atoms with Crippen molar-refractivity contribution in [3.05, 3.63) is 69.5 Å². The van der Waals surface area contributed by atoms with E-state index >= 15 is 0 Å². The molecule has 0 bridgehead atoms. The van der Waals surface area contributed by atoms with Gasteiger partial charge in [0.05, 0.1) is 18.2 Å². The third-order valence-corrected chi connectivity index (χ3v) is 5.03. The molecule has 3 aromatic rings. The monoisotopic (exact) mass is 378 g/mol. The molecular formula is C21H18N2O5. The fourth-order valence-corrected chi connectivity index (χ4v) is 3.73. The summed E-state index contributed by atoms with van der Waals surface area (Å²) < 4.78 is 6.21. The van der Waals surface area contributed by atoms with Crippen LogP contribution in [-0.4, -0.2) is 28.7 Å². The Bertz CT molecular complexity index is 1180. The number of nitrogens with one attached hydrogen (secondary N) is 1. The number of ether oxygens (including phenoxy) is 1. The molecule has 0 saturated carbocycles. The third-order valence-electron chi connectivity index (χ3n) is 5.03. The second-order valence-electron chi connectivity index (χ2n) is 6.79. The van der Waals surface area contributed by atoms with Crippen LogP contribution >= 0.6 is 0 Å². The topological polar surface area (TPSA) is 97.6 Å². The van der Waals surface area contributed by atoms with Gasteiger partial charge in [-0.15, -0.1) is 0 Å². The normalized spacial score (nSPS) is 14.9. The molecule has 7 nitrogen and oxygen atoms in total. The summed E-state index contributed by atoms with van der Waals surface area (Å²) in [6.07, 6.45) is 0.673. The second-order valence-corrected chi connectivity index (χ2v) is 6.79. The number of nitrogens with zero attached hydrogens (tertiary/aromatic N) is 1. The average Bonchev–Trinajstić information content (AvgIpc) is 3.03. The van der Waals surface area contributed by atoms with Crippen molar-refractivity contribution < 1.29 is 19.4 Å². The Morgan fingerprint density at radius 2 is 1.89 bits per heavy atom. The SMILES string of the molecule is COC(=O)c1ccc(NC(=O)c2c(O)c3cccc4c3n(c2=O)[C@H](C)C4)cc1. The molecule has 0 saturated heterocycles. The summed E-state index contributed by atoms with van der Waals surface area (Å²) in [4.78, 5) is 37.3. The van der Waals surface area contributed by atoms with Gasteiger partial charge in [0, 0.05) is 17.1 Å². The first kappa shape index (κ1) is 17.8. The van der Waals surface area contributed by atoms with Crippen LogP contribution in [0.15, 0.2) is 47.3 Å². The maximum Gasteiger partial charge on any atom is 0.337 e. The zero-order valence-corrected chi connectivity index (χ0v) is 15.4. The first-order chi connectivity index (χ1) is 13.4. The van der Waals surface area contributed by atoms with Crippen molar-refractivity contribution in [2.75, 3.05) is 12.4 Å². The van der Waals surface area contributed by atoms with E-state index in [9.17, 15) is 19.5 Å². The summed E-state index contributed by atoms with van der Waals surface area (Å²) in [5, 5.41) is 13.7. The number of rotatable bonds is 3. The Morgan fingerprint density at radius 3 is 2.57 bits per heavy atom. The van der Waals surface area contributed by atoms with Crippen molar-refractivity contribution in [2.24, 2.45) is 0 Å². The van der Waals surface area contributed by atoms with Gasteiger partial charge in [0.25, 0.3) is 11.5 Å². The first-order valence-electron chi connectivity index (χ1n) is 8.81. The minimum Gasteiger partial charge on any atom is -0.506 e. The summed E-state index contributed by atoms with van der Waals surface area (Å²) in [7, 11) is 1.28. The van der Waals surface area contributed by atoms with Crippen LogP contribution in [0.2, 0.25) is 0 Å². The lowest BCUT2D eigenvalue weighted by atomic mass is 10.1. The molecule has 2 heterocycles. The standard InChI is InChI=1S/C21H18N2O5/c1-11-10-13-4-3-5-15-17(13)23(11)20(26)16(18(15)24)19(25)22-14-8-6-12(7-9-14)21(27)28-2/h3-9,11,24H,10H2,1-2H3,(H,22,25)/t11-/m1/s1. The Kier molecular flexibility index (Phi) is 4.15. The Hall–Kier alpha value is -3.61. The second kappa shape index (κ2) is 6.53. The summed E-state index contributed by atoms with van der Waals surface area (Å²) in [6, 6.07) is 11.4. The number of aromatic hydroxyl groups is 1. The van der Waals surface area contributed by atoms with Crippen molar-refractivity contribution in [1.82, 2.24) is 4.57 Å². The van der Waals surface area contributed by atoms with E-state index in [0.717, 1.165) is 5.56 Å². The third kappa shape index (κ3) is 2.63. The van der Waals surface area contributed by atoms with Crippen molar-refractivity contribution >= 4 is 28.5 Å². The van der Waals surface area contributed by atoms with Gasteiger partial charge in [-0.1, -0.05) is 12.1 Å². The van der Waals surface area contributed by atoms with E-state index in [0.29, 0.717) is 28.6 Å². The molecule has 1 amide bonds. The van der Waals surface area contributed by atoms with Gasteiger partial charge in [0.1, 0.15) is 11.3 Å². The van der Waals surface area contributed by atoms with Crippen LogP contribution in [0.4, 0.5) is 5.69 Å². The molecule has 28 heavy (non-hydrogen) atoms. The van der Waals surface area contributed by atoms with Crippen molar-refractivity contribution in [3.8, 4) is 5.75 Å². The molecule has 1 aliphatic heterocycles. The van der Waals surface area contributed by atoms with Crippen molar-refractivity contribution in [2.45, 2.75) is 19.4 Å². The van der Waals surface area contributed by atoms with Crippen LogP contribution in [0, 0.1) is 0 Å². The highest BCUT2D eigenvalue weighted by Gasteiger charge is 2.29. The van der Waals surface area contributed by atoms with Crippen molar-refractivity contribution in [3.63, 3.8) is 0 Å². The molecule has 1 aliphatic rings. The first-order valence-corrected chi connectivity index (χ1v) is 8.81. The molecule has 1 aromatic heterocycles. The highest BCUT2D eigenvalue weighted by Crippen LogP contribution is 2.36. The molecule has 4 rings (SSSR count). The summed E-state index contributed by atoms with van der Waals surface area (Å²) in [6.45, 7) is 1.91. The number of carbonyl (C=O) groups excluding carboxylic acids is 2. The molecule has 0 radical (unpaired) electrons. The molecule has 0 aliphatic carbocycles. The van der Waals surface area contributed by atoms with Gasteiger partial charge < -0.3 is 19.7 Å². The molecule has 2 aromatic carbocycles. The Labute approximate surface area is 160 Å². The molecule has 7 heteroatoms. The van der Waals surface area contributed by atoms with E-state index in [4.69, 9.17) is 0 Å². The fourth-order valence-electron chi connectivity index (χ4n) is 3.73. The van der Waals surface area contributed by atoms with Gasteiger partial charge in [0.2, 0.25) is 0 Å². The number of esters is 1. The Balaban J connectivity index is 1.75. The number of anilines is 1. The average molecular weight is 378 g/mol. The number of aromatic nitrogens is 1. The molecule has 142 valence electrons. The summed E-state index contributed by atoms with van der Waals surface area (Å²) in [5.74, 6) is -1.52. The maximum atomic E-state index is 13.0. The molecule has 0 unspecified atom stereocenters. The smallest absolute Gasteiger partial charge is 0.337 e. The van der Waals surface area contributed by atoms with E-state index < -0.39 is 17.4 Å². The number of amides is 1. The number of pyridine rings is 1. The molecule has 0 fully saturated rings. The van der Waals surface area contributed by atoms with Gasteiger partial charge in [-0.05, 0) is 49.2 Å². The maximum absolute atomic E-state index is 13.0. The van der Waals surface area contributed by atoms with Gasteiger partial charge in [-0.3, -0.25) is 9.59 Å². The minimum absolute atomic E-state index is 0.0983. The van der Waals surface area contributed by atoms with Crippen LogP contribution < -0.4 is 10.9 Å².